The number of nitrogens with one attached hydrogen (secondary N) is 1. The van der Waals surface area contributed by atoms with Crippen LogP contribution in [0.4, 0.5) is 5.69 Å². The van der Waals surface area contributed by atoms with Crippen molar-refractivity contribution in [2.75, 3.05) is 5.32 Å². The number of carbonyl (C=O) groups is 1. The van der Waals surface area contributed by atoms with Crippen LogP contribution in [0.25, 0.3) is 0 Å². The first-order valence-corrected chi connectivity index (χ1v) is 8.35. The number of benzene rings is 1. The molecule has 0 saturated carbocycles. The molecule has 0 aliphatic heterocycles. The summed E-state index contributed by atoms with van der Waals surface area (Å²) in [5.41, 5.74) is 2.18. The Morgan fingerprint density at radius 1 is 1.25 bits per heavy atom. The average molecular weight is 419 g/mol. The number of hydrogen-bond donors (Lipinski definition) is 2. The number of aryl methyl sites for hydroxylation is 1. The molecule has 0 unspecified atom stereocenters. The SMILES string of the molecule is Cc1cc(Br)c(NCc2ccc(CC(=O)O)s2)c(Br)c1. The van der Waals surface area contributed by atoms with Gasteiger partial charge >= 0.3 is 5.97 Å². The highest BCUT2D eigenvalue weighted by atomic mass is 79.9. The van der Waals surface area contributed by atoms with Crippen LogP contribution >= 0.6 is 43.2 Å². The maximum atomic E-state index is 10.7. The van der Waals surface area contributed by atoms with Crippen LogP contribution in [-0.4, -0.2) is 11.1 Å². The summed E-state index contributed by atoms with van der Waals surface area (Å²) in [6.07, 6.45) is 0.0859. The van der Waals surface area contributed by atoms with Crippen molar-refractivity contribution in [1.82, 2.24) is 0 Å². The van der Waals surface area contributed by atoms with Crippen molar-refractivity contribution in [1.29, 1.82) is 0 Å². The zero-order valence-electron chi connectivity index (χ0n) is 10.7. The molecule has 0 amide bonds. The van der Waals surface area contributed by atoms with Crippen molar-refractivity contribution in [3.8, 4) is 0 Å². The molecule has 6 heteroatoms. The van der Waals surface area contributed by atoms with Crippen LogP contribution in [0.3, 0.4) is 0 Å². The van der Waals surface area contributed by atoms with E-state index in [2.05, 4.69) is 49.3 Å². The predicted octanol–water partition coefficient (Wildman–Crippen LogP) is 4.82. The van der Waals surface area contributed by atoms with Crippen molar-refractivity contribution < 1.29 is 9.90 Å². The first-order valence-electron chi connectivity index (χ1n) is 5.94. The lowest BCUT2D eigenvalue weighted by Crippen LogP contribution is -1.99. The van der Waals surface area contributed by atoms with Crippen LogP contribution < -0.4 is 5.32 Å². The minimum Gasteiger partial charge on any atom is -0.481 e. The van der Waals surface area contributed by atoms with Crippen LogP contribution in [-0.2, 0) is 17.8 Å². The molecule has 2 rings (SSSR count). The molecule has 0 aliphatic rings. The Morgan fingerprint density at radius 3 is 2.45 bits per heavy atom. The van der Waals surface area contributed by atoms with E-state index in [1.54, 1.807) is 0 Å². The van der Waals surface area contributed by atoms with Gasteiger partial charge in [0.15, 0.2) is 0 Å². The van der Waals surface area contributed by atoms with E-state index in [1.807, 2.05) is 19.1 Å². The number of anilines is 1. The minimum atomic E-state index is -0.796. The van der Waals surface area contributed by atoms with Crippen LogP contribution in [0.2, 0.25) is 0 Å². The summed E-state index contributed by atoms with van der Waals surface area (Å²) in [7, 11) is 0. The standard InChI is InChI=1S/C14H13Br2NO2S/c1-8-4-11(15)14(12(16)5-8)17-7-10-3-2-9(20-10)6-13(18)19/h2-5,17H,6-7H2,1H3,(H,18,19). The Labute approximate surface area is 138 Å². The summed E-state index contributed by atoms with van der Waals surface area (Å²) in [5, 5.41) is 12.1. The van der Waals surface area contributed by atoms with Crippen molar-refractivity contribution in [3.63, 3.8) is 0 Å². The molecule has 106 valence electrons. The molecule has 0 radical (unpaired) electrons. The lowest BCUT2D eigenvalue weighted by molar-refractivity contribution is -0.136. The van der Waals surface area contributed by atoms with Gasteiger partial charge in [0.25, 0.3) is 0 Å². The van der Waals surface area contributed by atoms with Crippen molar-refractivity contribution in [2.45, 2.75) is 19.9 Å². The molecular weight excluding hydrogens is 406 g/mol. The van der Waals surface area contributed by atoms with Crippen LogP contribution in [0.1, 0.15) is 15.3 Å². The van der Waals surface area contributed by atoms with Crippen molar-refractivity contribution >= 4 is 54.9 Å². The fourth-order valence-electron chi connectivity index (χ4n) is 1.81. The summed E-state index contributed by atoms with van der Waals surface area (Å²) in [6, 6.07) is 7.94. The number of carboxylic acids is 1. The third-order valence-electron chi connectivity index (χ3n) is 2.67. The Hall–Kier alpha value is -0.850. The topological polar surface area (TPSA) is 49.3 Å². The van der Waals surface area contributed by atoms with Gasteiger partial charge in [0, 0.05) is 25.2 Å². The molecular formula is C14H13Br2NO2S. The van der Waals surface area contributed by atoms with Crippen molar-refractivity contribution in [3.05, 3.63) is 48.5 Å². The minimum absolute atomic E-state index is 0.0859. The Balaban J connectivity index is 2.05. The van der Waals surface area contributed by atoms with E-state index < -0.39 is 5.97 Å². The molecule has 0 fully saturated rings. The maximum absolute atomic E-state index is 10.7. The van der Waals surface area contributed by atoms with Crippen LogP contribution in [0.15, 0.2) is 33.2 Å². The summed E-state index contributed by atoms with van der Waals surface area (Å²) >= 11 is 8.61. The van der Waals surface area contributed by atoms with Gasteiger partial charge < -0.3 is 10.4 Å². The highest BCUT2D eigenvalue weighted by Gasteiger charge is 2.08. The van der Waals surface area contributed by atoms with Gasteiger partial charge in [-0.05, 0) is 68.6 Å². The highest BCUT2D eigenvalue weighted by molar-refractivity contribution is 9.11. The molecule has 1 heterocycles. The molecule has 2 N–H and O–H groups in total. The second-order valence-corrected chi connectivity index (χ2v) is 7.36. The first-order chi connectivity index (χ1) is 9.45. The number of halogens is 2. The van der Waals surface area contributed by atoms with E-state index in [9.17, 15) is 4.79 Å². The average Bonchev–Trinajstić information content (AvgIpc) is 2.74. The van der Waals surface area contributed by atoms with Gasteiger partial charge in [-0.1, -0.05) is 0 Å². The highest BCUT2D eigenvalue weighted by Crippen LogP contribution is 2.33. The molecule has 1 aromatic heterocycles. The molecule has 2 aromatic rings. The smallest absolute Gasteiger partial charge is 0.308 e. The summed E-state index contributed by atoms with van der Waals surface area (Å²) in [6.45, 7) is 2.71. The Kier molecular flexibility index (Phi) is 5.23. The molecule has 0 atom stereocenters. The van der Waals surface area contributed by atoms with Gasteiger partial charge in [-0.25, -0.2) is 0 Å². The van der Waals surface area contributed by atoms with Gasteiger partial charge in [-0.15, -0.1) is 11.3 Å². The van der Waals surface area contributed by atoms with Crippen molar-refractivity contribution in [2.24, 2.45) is 0 Å². The predicted molar refractivity (Wildman–Crippen MR) is 89.6 cm³/mol. The number of carboxylic acid groups (broad SMARTS) is 1. The van der Waals surface area contributed by atoms with E-state index in [0.29, 0.717) is 6.54 Å². The number of aliphatic carboxylic acids is 1. The Morgan fingerprint density at radius 2 is 1.85 bits per heavy atom. The first kappa shape index (κ1) is 15.5. The number of rotatable bonds is 5. The van der Waals surface area contributed by atoms with E-state index >= 15 is 0 Å². The molecule has 0 saturated heterocycles. The number of thiophene rings is 1. The second-order valence-electron chi connectivity index (χ2n) is 4.40. The molecule has 0 aliphatic carbocycles. The van der Waals surface area contributed by atoms with Crippen LogP contribution in [0, 0.1) is 6.92 Å². The zero-order chi connectivity index (χ0) is 14.7. The van der Waals surface area contributed by atoms with E-state index in [1.165, 1.54) is 16.9 Å². The van der Waals surface area contributed by atoms with Gasteiger partial charge in [0.05, 0.1) is 12.1 Å². The molecule has 0 bridgehead atoms. The maximum Gasteiger partial charge on any atom is 0.308 e. The lowest BCUT2D eigenvalue weighted by atomic mass is 10.2. The Bertz CT molecular complexity index is 617. The zero-order valence-corrected chi connectivity index (χ0v) is 14.7. The summed E-state index contributed by atoms with van der Waals surface area (Å²) < 4.78 is 2.01. The molecule has 0 spiro atoms. The second kappa shape index (κ2) is 6.74. The van der Waals surface area contributed by atoms with E-state index in [4.69, 9.17) is 5.11 Å². The normalized spacial score (nSPS) is 10.6. The third kappa shape index (κ3) is 4.07. The molecule has 1 aromatic carbocycles. The fraction of sp³-hybridized carbons (Fsp3) is 0.214. The quantitative estimate of drug-likeness (QED) is 0.731. The van der Waals surface area contributed by atoms with Gasteiger partial charge in [0.1, 0.15) is 0 Å². The number of hydrogen-bond acceptors (Lipinski definition) is 3. The van der Waals surface area contributed by atoms with Gasteiger partial charge in [0.2, 0.25) is 0 Å². The van der Waals surface area contributed by atoms with E-state index in [0.717, 1.165) is 24.4 Å². The largest absolute Gasteiger partial charge is 0.481 e. The third-order valence-corrected chi connectivity index (χ3v) is 5.00. The summed E-state index contributed by atoms with van der Waals surface area (Å²) in [4.78, 5) is 12.6. The summed E-state index contributed by atoms with van der Waals surface area (Å²) in [5.74, 6) is -0.796. The molecule has 3 nitrogen and oxygen atoms in total. The monoisotopic (exact) mass is 417 g/mol. The van der Waals surface area contributed by atoms with Gasteiger partial charge in [-0.2, -0.15) is 0 Å². The molecule has 20 heavy (non-hydrogen) atoms. The van der Waals surface area contributed by atoms with Gasteiger partial charge in [-0.3, -0.25) is 4.79 Å². The lowest BCUT2D eigenvalue weighted by Gasteiger charge is -2.11. The fourth-order valence-corrected chi connectivity index (χ4v) is 4.45. The van der Waals surface area contributed by atoms with Crippen LogP contribution in [0.5, 0.6) is 0 Å². The van der Waals surface area contributed by atoms with E-state index in [-0.39, 0.29) is 6.42 Å².